The molecule has 0 saturated carbocycles. The van der Waals surface area contributed by atoms with Gasteiger partial charge in [0, 0.05) is 31.4 Å². The zero-order valence-electron chi connectivity index (χ0n) is 16.2. The van der Waals surface area contributed by atoms with Gasteiger partial charge >= 0.3 is 0 Å². The Labute approximate surface area is 166 Å². The van der Waals surface area contributed by atoms with Gasteiger partial charge in [0.1, 0.15) is 5.82 Å². The predicted octanol–water partition coefficient (Wildman–Crippen LogP) is 2.17. The minimum Gasteiger partial charge on any atom is -0.357 e. The lowest BCUT2D eigenvalue weighted by atomic mass is 10.1. The van der Waals surface area contributed by atoms with Gasteiger partial charge in [-0.1, -0.05) is 6.07 Å². The molecule has 2 N–H and O–H groups in total. The first-order valence-corrected chi connectivity index (χ1v) is 12.3. The van der Waals surface area contributed by atoms with Crippen LogP contribution in [0.1, 0.15) is 30.9 Å². The van der Waals surface area contributed by atoms with E-state index in [1.165, 1.54) is 12.3 Å². The van der Waals surface area contributed by atoms with E-state index in [2.05, 4.69) is 15.6 Å². The number of sulfonamides is 1. The van der Waals surface area contributed by atoms with Gasteiger partial charge in [0.2, 0.25) is 10.0 Å². The Balaban J connectivity index is 2.04. The fourth-order valence-corrected chi connectivity index (χ4v) is 4.97. The molecule has 1 aliphatic heterocycles. The van der Waals surface area contributed by atoms with Crippen LogP contribution in [0.4, 0.5) is 4.39 Å². The van der Waals surface area contributed by atoms with Crippen molar-refractivity contribution in [1.29, 1.82) is 0 Å². The van der Waals surface area contributed by atoms with Gasteiger partial charge in [-0.05, 0) is 49.3 Å². The minimum atomic E-state index is -3.19. The Bertz CT molecular complexity index is 756. The molecule has 1 atom stereocenters. The number of nitrogens with zero attached hydrogens (tertiary/aromatic N) is 2. The Morgan fingerprint density at radius 1 is 1.37 bits per heavy atom. The highest BCUT2D eigenvalue weighted by molar-refractivity contribution is 7.97. The van der Waals surface area contributed by atoms with Gasteiger partial charge in [0.05, 0.1) is 12.8 Å². The highest BCUT2D eigenvalue weighted by Crippen LogP contribution is 2.20. The van der Waals surface area contributed by atoms with E-state index >= 15 is 0 Å². The Morgan fingerprint density at radius 3 is 2.81 bits per heavy atom. The fraction of sp³-hybridized carbons (Fsp3) is 0.611. The van der Waals surface area contributed by atoms with Crippen LogP contribution < -0.4 is 10.6 Å². The van der Waals surface area contributed by atoms with Gasteiger partial charge in [0.15, 0.2) is 5.96 Å². The second-order valence-electron chi connectivity index (χ2n) is 6.59. The van der Waals surface area contributed by atoms with E-state index in [1.54, 1.807) is 28.2 Å². The fourth-order valence-electron chi connectivity index (χ4n) is 3.21. The monoisotopic (exact) mass is 416 g/mol. The van der Waals surface area contributed by atoms with Crippen LogP contribution >= 0.6 is 11.8 Å². The van der Waals surface area contributed by atoms with E-state index in [4.69, 9.17) is 0 Å². The first-order valence-electron chi connectivity index (χ1n) is 9.10. The second kappa shape index (κ2) is 10.3. The minimum absolute atomic E-state index is 0.0540. The van der Waals surface area contributed by atoms with Crippen molar-refractivity contribution in [3.8, 4) is 0 Å². The number of halogens is 1. The van der Waals surface area contributed by atoms with E-state index in [-0.39, 0.29) is 11.9 Å². The highest BCUT2D eigenvalue weighted by Gasteiger charge is 2.31. The molecule has 0 aromatic heterocycles. The molecule has 1 heterocycles. The third-order valence-corrected chi connectivity index (χ3v) is 6.41. The number of rotatable bonds is 8. The zero-order valence-corrected chi connectivity index (χ0v) is 17.8. The number of benzene rings is 1. The first-order chi connectivity index (χ1) is 12.8. The van der Waals surface area contributed by atoms with Crippen molar-refractivity contribution in [2.45, 2.75) is 38.1 Å². The van der Waals surface area contributed by atoms with Crippen LogP contribution in [0.5, 0.6) is 0 Å². The third-order valence-electron chi connectivity index (χ3n) is 4.47. The van der Waals surface area contributed by atoms with Gasteiger partial charge in [-0.25, -0.2) is 17.8 Å². The molecular formula is C18H29FN4O2S2. The molecule has 2 rings (SSSR count). The van der Waals surface area contributed by atoms with Crippen molar-refractivity contribution >= 4 is 27.7 Å². The van der Waals surface area contributed by atoms with Gasteiger partial charge in [-0.2, -0.15) is 16.1 Å². The maximum Gasteiger partial charge on any atom is 0.211 e. The molecule has 0 radical (unpaired) electrons. The molecule has 0 unspecified atom stereocenters. The quantitative estimate of drug-likeness (QED) is 0.502. The third kappa shape index (κ3) is 6.65. The molecule has 6 nitrogen and oxygen atoms in total. The first kappa shape index (κ1) is 22.0. The summed E-state index contributed by atoms with van der Waals surface area (Å²) in [4.78, 5) is 4.60. The largest absolute Gasteiger partial charge is 0.357 e. The molecule has 0 spiro atoms. The summed E-state index contributed by atoms with van der Waals surface area (Å²) < 4.78 is 38.8. The van der Waals surface area contributed by atoms with Gasteiger partial charge < -0.3 is 10.6 Å². The molecule has 9 heteroatoms. The van der Waals surface area contributed by atoms with Crippen molar-refractivity contribution in [3.63, 3.8) is 0 Å². The summed E-state index contributed by atoms with van der Waals surface area (Å²) in [6.45, 7) is 4.21. The topological polar surface area (TPSA) is 73.8 Å². The number of guanidine groups is 1. The number of thioether (sulfide) groups is 1. The van der Waals surface area contributed by atoms with E-state index in [0.29, 0.717) is 32.1 Å². The molecule has 27 heavy (non-hydrogen) atoms. The van der Waals surface area contributed by atoms with Gasteiger partial charge in [-0.15, -0.1) is 0 Å². The summed E-state index contributed by atoms with van der Waals surface area (Å²) >= 11 is 1.64. The maximum absolute atomic E-state index is 13.5. The Kier molecular flexibility index (Phi) is 8.37. The van der Waals surface area contributed by atoms with Crippen molar-refractivity contribution < 1.29 is 12.8 Å². The average Bonchev–Trinajstić information content (AvgIpc) is 3.08. The summed E-state index contributed by atoms with van der Waals surface area (Å²) in [5.74, 6) is 1.13. The second-order valence-corrected chi connectivity index (χ2v) is 9.39. The number of hydrogen-bond acceptors (Lipinski definition) is 4. The van der Waals surface area contributed by atoms with Crippen LogP contribution in [-0.2, 0) is 22.3 Å². The lowest BCUT2D eigenvalue weighted by Crippen LogP contribution is -2.46. The summed E-state index contributed by atoms with van der Waals surface area (Å²) in [5, 5.41) is 6.44. The molecule has 0 amide bonds. The van der Waals surface area contributed by atoms with E-state index in [1.807, 2.05) is 13.2 Å². The van der Waals surface area contributed by atoms with E-state index in [9.17, 15) is 12.8 Å². The molecule has 0 aliphatic carbocycles. The van der Waals surface area contributed by atoms with Crippen LogP contribution in [0, 0.1) is 5.82 Å². The van der Waals surface area contributed by atoms with Gasteiger partial charge in [-0.3, -0.25) is 0 Å². The molecule has 1 saturated heterocycles. The average molecular weight is 417 g/mol. The maximum atomic E-state index is 13.5. The van der Waals surface area contributed by atoms with Crippen molar-refractivity contribution in [3.05, 3.63) is 35.1 Å². The molecule has 152 valence electrons. The smallest absolute Gasteiger partial charge is 0.211 e. The normalized spacial score (nSPS) is 18.7. The Hall–Kier alpha value is -1.32. The molecule has 1 aromatic carbocycles. The van der Waals surface area contributed by atoms with E-state index in [0.717, 1.165) is 29.7 Å². The number of nitrogens with one attached hydrogen (secondary N) is 2. The number of aliphatic imine (C=N–C) groups is 1. The molecular weight excluding hydrogens is 387 g/mol. The molecule has 1 aliphatic rings. The predicted molar refractivity (Wildman–Crippen MR) is 111 cm³/mol. The van der Waals surface area contributed by atoms with Crippen LogP contribution in [0.3, 0.4) is 0 Å². The highest BCUT2D eigenvalue weighted by atomic mass is 32.2. The summed E-state index contributed by atoms with van der Waals surface area (Å²) in [5.41, 5.74) is 1.93. The van der Waals surface area contributed by atoms with Gasteiger partial charge in [0.25, 0.3) is 0 Å². The number of hydrogen-bond donors (Lipinski definition) is 2. The summed E-state index contributed by atoms with van der Waals surface area (Å²) in [7, 11) is -3.19. The van der Waals surface area contributed by atoms with Crippen LogP contribution in [0.25, 0.3) is 0 Å². The Morgan fingerprint density at radius 2 is 2.15 bits per heavy atom. The standard InChI is InChI=1S/C18H29FN4O2S2/c1-4-20-18(22-12-17-6-5-9-23(17)27(3,24)25)21-11-14-7-8-16(19)10-15(14)13-26-2/h7-8,10,17H,4-6,9,11-13H2,1-3H3,(H2,20,21,22)/t17-/m1/s1. The van der Waals surface area contributed by atoms with Crippen molar-refractivity contribution in [2.24, 2.45) is 4.99 Å². The molecule has 1 fully saturated rings. The lowest BCUT2D eigenvalue weighted by Gasteiger charge is -2.23. The SMILES string of the molecule is CCNC(=NCc1ccc(F)cc1CSC)NC[C@H]1CCCN1S(C)(=O)=O. The molecule has 0 bridgehead atoms. The molecule has 1 aromatic rings. The van der Waals surface area contributed by atoms with Crippen molar-refractivity contribution in [2.75, 3.05) is 32.1 Å². The van der Waals surface area contributed by atoms with Crippen LogP contribution in [-0.4, -0.2) is 56.9 Å². The van der Waals surface area contributed by atoms with E-state index < -0.39 is 10.0 Å². The van der Waals surface area contributed by atoms with Crippen LogP contribution in [0.2, 0.25) is 0 Å². The summed E-state index contributed by atoms with van der Waals surface area (Å²) in [6, 6.07) is 4.74. The van der Waals surface area contributed by atoms with Crippen LogP contribution in [0.15, 0.2) is 23.2 Å². The van der Waals surface area contributed by atoms with Crippen molar-refractivity contribution in [1.82, 2.24) is 14.9 Å². The summed E-state index contributed by atoms with van der Waals surface area (Å²) in [6.07, 6.45) is 4.96. The lowest BCUT2D eigenvalue weighted by molar-refractivity contribution is 0.387. The zero-order chi connectivity index (χ0) is 19.9.